The molecule has 2 aromatic heterocycles. The number of benzene rings is 2. The largest absolute Gasteiger partial charge is 0.448 e. The van der Waals surface area contributed by atoms with Crippen molar-refractivity contribution in [1.29, 1.82) is 0 Å². The van der Waals surface area contributed by atoms with Crippen LogP contribution in [-0.2, 0) is 4.79 Å². The minimum absolute atomic E-state index is 0.0738. The van der Waals surface area contributed by atoms with Crippen molar-refractivity contribution in [3.63, 3.8) is 0 Å². The normalized spacial score (nSPS) is 14.4. The first-order valence-electron chi connectivity index (χ1n) is 10.6. The topological polar surface area (TPSA) is 77.1 Å². The predicted molar refractivity (Wildman–Crippen MR) is 129 cm³/mol. The molecule has 0 saturated heterocycles. The number of hydrogen-bond donors (Lipinski definition) is 1. The molecule has 32 heavy (non-hydrogen) atoms. The van der Waals surface area contributed by atoms with E-state index in [1.54, 1.807) is 10.6 Å². The molecule has 164 valence electrons. The lowest BCUT2D eigenvalue weighted by atomic mass is 10.2. The van der Waals surface area contributed by atoms with E-state index in [4.69, 9.17) is 21.0 Å². The summed E-state index contributed by atoms with van der Waals surface area (Å²) < 4.78 is 7.60. The van der Waals surface area contributed by atoms with Gasteiger partial charge in [-0.2, -0.15) is 0 Å². The SMILES string of the molecule is Cc1ccc(NC(=O)CSc2nc3c(oc4ccccc43)c(=O)n2C2CCCC2)c(Cl)c1. The molecule has 1 aliphatic rings. The van der Waals surface area contributed by atoms with Crippen LogP contribution in [-0.4, -0.2) is 21.2 Å². The summed E-state index contributed by atoms with van der Waals surface area (Å²) in [6, 6.07) is 13.1. The van der Waals surface area contributed by atoms with Gasteiger partial charge in [-0.3, -0.25) is 14.2 Å². The van der Waals surface area contributed by atoms with Gasteiger partial charge in [0.25, 0.3) is 5.56 Å². The standard InChI is InChI=1S/C24H22ClN3O3S/c1-14-10-11-18(17(25)12-14)26-20(29)13-32-24-27-21-16-8-4-5-9-19(16)31-22(21)23(30)28(24)15-6-2-3-7-15/h4-5,8-12,15H,2-3,6-7,13H2,1H3,(H,26,29). The van der Waals surface area contributed by atoms with E-state index in [-0.39, 0.29) is 28.8 Å². The number of anilines is 1. The Kier molecular flexibility index (Phi) is 5.69. The summed E-state index contributed by atoms with van der Waals surface area (Å²) in [5, 5.41) is 4.69. The molecule has 1 amide bonds. The molecule has 0 aliphatic heterocycles. The van der Waals surface area contributed by atoms with Crippen LogP contribution in [0, 0.1) is 6.92 Å². The molecule has 0 bridgehead atoms. The highest BCUT2D eigenvalue weighted by Gasteiger charge is 2.25. The third kappa shape index (κ3) is 3.91. The number of aryl methyl sites for hydroxylation is 1. The maximum absolute atomic E-state index is 13.4. The summed E-state index contributed by atoms with van der Waals surface area (Å²) in [5.41, 5.74) is 2.87. The number of furan rings is 1. The van der Waals surface area contributed by atoms with E-state index in [1.807, 2.05) is 43.3 Å². The molecule has 8 heteroatoms. The minimum atomic E-state index is -0.204. The summed E-state index contributed by atoms with van der Waals surface area (Å²) in [6.07, 6.45) is 4.00. The van der Waals surface area contributed by atoms with Crippen molar-refractivity contribution in [1.82, 2.24) is 9.55 Å². The highest BCUT2D eigenvalue weighted by Crippen LogP contribution is 2.34. The predicted octanol–water partition coefficient (Wildman–Crippen LogP) is 5.95. The van der Waals surface area contributed by atoms with Crippen molar-refractivity contribution in [2.75, 3.05) is 11.1 Å². The molecule has 6 nitrogen and oxygen atoms in total. The van der Waals surface area contributed by atoms with Gasteiger partial charge in [0.1, 0.15) is 11.1 Å². The fraction of sp³-hybridized carbons (Fsp3) is 0.292. The highest BCUT2D eigenvalue weighted by molar-refractivity contribution is 7.99. The Hall–Kier alpha value is -2.77. The molecule has 1 fully saturated rings. The Morgan fingerprint density at radius 2 is 2.03 bits per heavy atom. The number of fused-ring (bicyclic) bond motifs is 3. The lowest BCUT2D eigenvalue weighted by molar-refractivity contribution is -0.113. The number of rotatable bonds is 5. The van der Waals surface area contributed by atoms with Crippen LogP contribution in [0.2, 0.25) is 5.02 Å². The van der Waals surface area contributed by atoms with E-state index >= 15 is 0 Å². The van der Waals surface area contributed by atoms with Gasteiger partial charge in [0.15, 0.2) is 5.16 Å². The summed E-state index contributed by atoms with van der Waals surface area (Å²) in [6.45, 7) is 1.94. The third-order valence-electron chi connectivity index (χ3n) is 5.82. The summed E-state index contributed by atoms with van der Waals surface area (Å²) in [4.78, 5) is 30.9. The Balaban J connectivity index is 1.48. The number of carbonyl (C=O) groups is 1. The second-order valence-electron chi connectivity index (χ2n) is 8.10. The van der Waals surface area contributed by atoms with Crippen LogP contribution in [0.15, 0.2) is 56.8 Å². The lowest BCUT2D eigenvalue weighted by Crippen LogP contribution is -2.26. The molecule has 1 aliphatic carbocycles. The molecule has 0 spiro atoms. The first-order chi connectivity index (χ1) is 15.5. The number of amides is 1. The molecule has 0 unspecified atom stereocenters. The van der Waals surface area contributed by atoms with Crippen molar-refractivity contribution in [3.8, 4) is 0 Å². The Morgan fingerprint density at radius 3 is 2.81 bits per heavy atom. The first kappa shape index (κ1) is 21.1. The molecular formula is C24H22ClN3O3S. The van der Waals surface area contributed by atoms with Gasteiger partial charge in [-0.05, 0) is 49.6 Å². The number of thioether (sulfide) groups is 1. The number of halogens is 1. The van der Waals surface area contributed by atoms with E-state index in [9.17, 15) is 9.59 Å². The van der Waals surface area contributed by atoms with Gasteiger partial charge < -0.3 is 9.73 Å². The number of nitrogens with zero attached hydrogens (tertiary/aromatic N) is 2. The van der Waals surface area contributed by atoms with Crippen molar-refractivity contribution in [2.24, 2.45) is 0 Å². The molecule has 1 saturated carbocycles. The van der Waals surface area contributed by atoms with Crippen LogP contribution in [0.25, 0.3) is 22.1 Å². The van der Waals surface area contributed by atoms with Crippen LogP contribution in [0.4, 0.5) is 5.69 Å². The zero-order valence-corrected chi connectivity index (χ0v) is 19.1. The highest BCUT2D eigenvalue weighted by atomic mass is 35.5. The van der Waals surface area contributed by atoms with Gasteiger partial charge in [0.2, 0.25) is 11.5 Å². The Morgan fingerprint density at radius 1 is 1.25 bits per heavy atom. The van der Waals surface area contributed by atoms with Crippen LogP contribution in [0.1, 0.15) is 37.3 Å². The molecule has 1 N–H and O–H groups in total. The Labute approximate surface area is 194 Å². The monoisotopic (exact) mass is 467 g/mol. The van der Waals surface area contributed by atoms with E-state index in [0.717, 1.165) is 36.6 Å². The second kappa shape index (κ2) is 8.64. The number of para-hydroxylation sites is 1. The minimum Gasteiger partial charge on any atom is -0.448 e. The third-order valence-corrected chi connectivity index (χ3v) is 7.08. The molecule has 5 rings (SSSR count). The van der Waals surface area contributed by atoms with Crippen LogP contribution in [0.5, 0.6) is 0 Å². The van der Waals surface area contributed by atoms with Crippen molar-refractivity contribution < 1.29 is 9.21 Å². The van der Waals surface area contributed by atoms with E-state index < -0.39 is 0 Å². The second-order valence-corrected chi connectivity index (χ2v) is 9.45. The van der Waals surface area contributed by atoms with Crippen molar-refractivity contribution in [2.45, 2.75) is 43.8 Å². The van der Waals surface area contributed by atoms with Gasteiger partial charge in [-0.25, -0.2) is 4.98 Å². The number of aromatic nitrogens is 2. The first-order valence-corrected chi connectivity index (χ1v) is 12.0. The quantitative estimate of drug-likeness (QED) is 0.290. The van der Waals surface area contributed by atoms with Gasteiger partial charge in [-0.15, -0.1) is 0 Å². The molecule has 2 heterocycles. The van der Waals surface area contributed by atoms with E-state index in [2.05, 4.69) is 5.32 Å². The van der Waals surface area contributed by atoms with Gasteiger partial charge in [0, 0.05) is 11.4 Å². The average molecular weight is 468 g/mol. The lowest BCUT2D eigenvalue weighted by Gasteiger charge is -2.17. The van der Waals surface area contributed by atoms with Gasteiger partial charge in [-0.1, -0.05) is 54.4 Å². The zero-order chi connectivity index (χ0) is 22.2. The van der Waals surface area contributed by atoms with E-state index in [1.165, 1.54) is 11.8 Å². The molecule has 0 atom stereocenters. The molecule has 2 aromatic carbocycles. The number of carbonyl (C=O) groups excluding carboxylic acids is 1. The summed E-state index contributed by atoms with van der Waals surface area (Å²) in [5.74, 6) is -0.0879. The van der Waals surface area contributed by atoms with Crippen molar-refractivity contribution in [3.05, 3.63) is 63.4 Å². The van der Waals surface area contributed by atoms with Crippen molar-refractivity contribution >= 4 is 57.0 Å². The van der Waals surface area contributed by atoms with Crippen LogP contribution >= 0.6 is 23.4 Å². The van der Waals surface area contributed by atoms with E-state index in [0.29, 0.717) is 27.0 Å². The van der Waals surface area contributed by atoms with Crippen LogP contribution < -0.4 is 10.9 Å². The fourth-order valence-corrected chi connectivity index (χ4v) is 5.40. The number of nitrogens with one attached hydrogen (secondary N) is 1. The van der Waals surface area contributed by atoms with Crippen LogP contribution in [0.3, 0.4) is 0 Å². The molecular weight excluding hydrogens is 446 g/mol. The summed E-state index contributed by atoms with van der Waals surface area (Å²) >= 11 is 7.51. The molecule has 0 radical (unpaired) electrons. The smallest absolute Gasteiger partial charge is 0.298 e. The van der Waals surface area contributed by atoms with Gasteiger partial charge in [0.05, 0.1) is 16.5 Å². The molecule has 4 aromatic rings. The fourth-order valence-electron chi connectivity index (χ4n) is 4.26. The zero-order valence-electron chi connectivity index (χ0n) is 17.6. The van der Waals surface area contributed by atoms with Gasteiger partial charge >= 0.3 is 0 Å². The average Bonchev–Trinajstić information content (AvgIpc) is 3.43. The maximum atomic E-state index is 13.4. The maximum Gasteiger partial charge on any atom is 0.298 e. The Bertz CT molecular complexity index is 1390. The number of hydrogen-bond acceptors (Lipinski definition) is 5. The summed E-state index contributed by atoms with van der Waals surface area (Å²) in [7, 11) is 0.